The monoisotopic (exact) mass is 207 g/mol. The Morgan fingerprint density at radius 3 is 2.13 bits per heavy atom. The molecule has 1 N–H and O–H groups in total. The average molecular weight is 207 g/mol. The normalized spacial score (nSPS) is 46.5. The van der Waals surface area contributed by atoms with E-state index in [1.165, 1.54) is 19.3 Å². The van der Waals surface area contributed by atoms with Crippen molar-refractivity contribution >= 4 is 5.91 Å². The summed E-state index contributed by atoms with van der Waals surface area (Å²) in [5, 5.41) is 3.26. The molecule has 3 aliphatic carbocycles. The van der Waals surface area contributed by atoms with Crippen molar-refractivity contribution in [3.63, 3.8) is 0 Å². The molecule has 2 nitrogen and oxygen atoms in total. The van der Waals surface area contributed by atoms with Gasteiger partial charge in [0, 0.05) is 11.5 Å². The smallest absolute Gasteiger partial charge is 0.225 e. The summed E-state index contributed by atoms with van der Waals surface area (Å²) in [6, 6.07) is 0.544. The lowest BCUT2D eigenvalue weighted by Crippen LogP contribution is -2.38. The Morgan fingerprint density at radius 1 is 1.13 bits per heavy atom. The van der Waals surface area contributed by atoms with Crippen molar-refractivity contribution in [2.45, 2.75) is 46.1 Å². The first-order valence-electron chi connectivity index (χ1n) is 6.29. The van der Waals surface area contributed by atoms with Gasteiger partial charge >= 0.3 is 0 Å². The van der Waals surface area contributed by atoms with Gasteiger partial charge in [0.05, 0.1) is 0 Å². The maximum Gasteiger partial charge on any atom is 0.225 e. The van der Waals surface area contributed by atoms with Gasteiger partial charge in [0.25, 0.3) is 0 Å². The number of hydrogen-bond donors (Lipinski definition) is 1. The number of nitrogens with one attached hydrogen (secondary N) is 1. The van der Waals surface area contributed by atoms with Gasteiger partial charge in [0.1, 0.15) is 0 Å². The van der Waals surface area contributed by atoms with Crippen LogP contribution in [0.5, 0.6) is 0 Å². The minimum atomic E-state index is -0.226. The highest BCUT2D eigenvalue weighted by molar-refractivity contribution is 5.82. The molecule has 2 bridgehead atoms. The Hall–Kier alpha value is -0.530. The van der Waals surface area contributed by atoms with Crippen molar-refractivity contribution in [1.82, 2.24) is 5.32 Å². The average Bonchev–Trinajstić information content (AvgIpc) is 2.57. The molecular weight excluding hydrogens is 186 g/mol. The van der Waals surface area contributed by atoms with Crippen LogP contribution >= 0.6 is 0 Å². The number of carbonyl (C=O) groups excluding carboxylic acids is 1. The second kappa shape index (κ2) is 2.78. The van der Waals surface area contributed by atoms with Gasteiger partial charge in [-0.3, -0.25) is 4.79 Å². The van der Waals surface area contributed by atoms with E-state index in [1.807, 2.05) is 20.8 Å². The predicted octanol–water partition coefficient (Wildman–Crippen LogP) is 2.19. The van der Waals surface area contributed by atoms with Crippen molar-refractivity contribution in [3.05, 3.63) is 0 Å². The molecule has 3 rings (SSSR count). The molecule has 0 aliphatic heterocycles. The molecule has 2 heteroatoms. The summed E-state index contributed by atoms with van der Waals surface area (Å²) in [6.45, 7) is 5.99. The number of rotatable bonds is 1. The van der Waals surface area contributed by atoms with E-state index in [0.29, 0.717) is 6.04 Å². The standard InChI is InChI=1S/C13H21NO/c1-13(2,3)12(15)14-11-9-7-4-5-8(6-7)10(9)11/h7-11H,4-6H2,1-3H3,(H,14,15). The van der Waals surface area contributed by atoms with Gasteiger partial charge in [-0.2, -0.15) is 0 Å². The fourth-order valence-electron chi connectivity index (χ4n) is 3.89. The van der Waals surface area contributed by atoms with E-state index in [2.05, 4.69) is 5.32 Å². The Morgan fingerprint density at radius 2 is 1.67 bits per heavy atom. The highest BCUT2D eigenvalue weighted by Crippen LogP contribution is 2.65. The van der Waals surface area contributed by atoms with E-state index < -0.39 is 0 Å². The molecule has 3 fully saturated rings. The summed E-state index contributed by atoms with van der Waals surface area (Å²) >= 11 is 0. The quantitative estimate of drug-likeness (QED) is 0.701. The lowest BCUT2D eigenvalue weighted by atomic mass is 9.95. The van der Waals surface area contributed by atoms with Crippen LogP contribution in [0, 0.1) is 29.1 Å². The van der Waals surface area contributed by atoms with Gasteiger partial charge in [-0.1, -0.05) is 20.8 Å². The summed E-state index contributed by atoms with van der Waals surface area (Å²) in [5.41, 5.74) is -0.226. The molecule has 0 aromatic heterocycles. The highest BCUT2D eigenvalue weighted by Gasteiger charge is 2.65. The summed E-state index contributed by atoms with van der Waals surface area (Å²) < 4.78 is 0. The second-order valence-corrected chi connectivity index (χ2v) is 6.74. The zero-order valence-electron chi connectivity index (χ0n) is 9.92. The molecule has 0 heterocycles. The van der Waals surface area contributed by atoms with E-state index in [1.54, 1.807) is 0 Å². The molecule has 0 aromatic carbocycles. The third-order valence-electron chi connectivity index (χ3n) is 4.71. The van der Waals surface area contributed by atoms with Crippen LogP contribution in [0.15, 0.2) is 0 Å². The van der Waals surface area contributed by atoms with Crippen LogP contribution in [0.4, 0.5) is 0 Å². The second-order valence-electron chi connectivity index (χ2n) is 6.74. The van der Waals surface area contributed by atoms with Crippen LogP contribution in [0.25, 0.3) is 0 Å². The number of fused-ring (bicyclic) bond motifs is 5. The molecule has 4 unspecified atom stereocenters. The van der Waals surface area contributed by atoms with Crippen LogP contribution in [0.1, 0.15) is 40.0 Å². The third kappa shape index (κ3) is 1.33. The predicted molar refractivity (Wildman–Crippen MR) is 59.2 cm³/mol. The zero-order valence-corrected chi connectivity index (χ0v) is 9.92. The molecule has 1 amide bonds. The van der Waals surface area contributed by atoms with Crippen LogP contribution in [-0.2, 0) is 4.79 Å². The SMILES string of the molecule is CC(C)(C)C(=O)NC1C2C3CCC(C3)C12. The maximum absolute atomic E-state index is 11.9. The van der Waals surface area contributed by atoms with E-state index in [-0.39, 0.29) is 11.3 Å². The van der Waals surface area contributed by atoms with Gasteiger partial charge in [-0.05, 0) is 42.9 Å². The van der Waals surface area contributed by atoms with Crippen LogP contribution in [0.3, 0.4) is 0 Å². The Kier molecular flexibility index (Phi) is 1.79. The summed E-state index contributed by atoms with van der Waals surface area (Å²) in [5.74, 6) is 3.85. The number of hydrogen-bond acceptors (Lipinski definition) is 1. The molecule has 84 valence electrons. The summed E-state index contributed by atoms with van der Waals surface area (Å²) in [6.07, 6.45) is 4.30. The summed E-state index contributed by atoms with van der Waals surface area (Å²) in [4.78, 5) is 11.9. The van der Waals surface area contributed by atoms with Gasteiger partial charge in [-0.25, -0.2) is 0 Å². The maximum atomic E-state index is 11.9. The first-order chi connectivity index (χ1) is 6.98. The molecule has 0 radical (unpaired) electrons. The summed E-state index contributed by atoms with van der Waals surface area (Å²) in [7, 11) is 0. The fraction of sp³-hybridized carbons (Fsp3) is 0.923. The van der Waals surface area contributed by atoms with Crippen molar-refractivity contribution < 1.29 is 4.79 Å². The van der Waals surface area contributed by atoms with Gasteiger partial charge < -0.3 is 5.32 Å². The Bertz CT molecular complexity index is 288. The molecule has 3 aliphatic rings. The van der Waals surface area contributed by atoms with E-state index in [0.717, 1.165) is 23.7 Å². The lowest BCUT2D eigenvalue weighted by molar-refractivity contribution is -0.128. The van der Waals surface area contributed by atoms with Gasteiger partial charge in [-0.15, -0.1) is 0 Å². The fourth-order valence-corrected chi connectivity index (χ4v) is 3.89. The minimum absolute atomic E-state index is 0.226. The zero-order chi connectivity index (χ0) is 10.8. The van der Waals surface area contributed by atoms with Crippen molar-refractivity contribution in [1.29, 1.82) is 0 Å². The molecule has 0 saturated heterocycles. The lowest BCUT2D eigenvalue weighted by Gasteiger charge is -2.19. The van der Waals surface area contributed by atoms with E-state index in [4.69, 9.17) is 0 Å². The van der Waals surface area contributed by atoms with Crippen LogP contribution < -0.4 is 5.32 Å². The van der Waals surface area contributed by atoms with Crippen LogP contribution in [-0.4, -0.2) is 11.9 Å². The van der Waals surface area contributed by atoms with Crippen molar-refractivity contribution in [2.24, 2.45) is 29.1 Å². The van der Waals surface area contributed by atoms with Gasteiger partial charge in [0.2, 0.25) is 5.91 Å². The third-order valence-corrected chi connectivity index (χ3v) is 4.71. The topological polar surface area (TPSA) is 29.1 Å². The molecule has 15 heavy (non-hydrogen) atoms. The minimum Gasteiger partial charge on any atom is -0.352 e. The van der Waals surface area contributed by atoms with Gasteiger partial charge in [0.15, 0.2) is 0 Å². The van der Waals surface area contributed by atoms with E-state index >= 15 is 0 Å². The number of amides is 1. The molecular formula is C13H21NO. The number of carbonyl (C=O) groups is 1. The first-order valence-corrected chi connectivity index (χ1v) is 6.29. The van der Waals surface area contributed by atoms with Crippen LogP contribution in [0.2, 0.25) is 0 Å². The molecule has 0 aromatic rings. The highest BCUT2D eigenvalue weighted by atomic mass is 16.2. The Balaban J connectivity index is 1.62. The molecule has 3 saturated carbocycles. The Labute approximate surface area is 91.8 Å². The molecule has 4 atom stereocenters. The molecule has 0 spiro atoms. The van der Waals surface area contributed by atoms with Crippen molar-refractivity contribution in [3.8, 4) is 0 Å². The largest absolute Gasteiger partial charge is 0.352 e. The van der Waals surface area contributed by atoms with Crippen molar-refractivity contribution in [2.75, 3.05) is 0 Å². The first kappa shape index (κ1) is 9.68. The van der Waals surface area contributed by atoms with E-state index in [9.17, 15) is 4.79 Å².